The van der Waals surface area contributed by atoms with E-state index in [0.29, 0.717) is 0 Å². The van der Waals surface area contributed by atoms with E-state index in [2.05, 4.69) is 40.1 Å². The monoisotopic (exact) mass is 280 g/mol. The molecule has 2 heterocycles. The number of piperazine rings is 1. The fraction of sp³-hybridized carbons (Fsp3) is 0.800. The third-order valence-corrected chi connectivity index (χ3v) is 4.18. The highest BCUT2D eigenvalue weighted by molar-refractivity contribution is 4.92. The van der Waals surface area contributed by atoms with Gasteiger partial charge in [-0.15, -0.1) is 0 Å². The van der Waals surface area contributed by atoms with E-state index in [1.807, 2.05) is 19.4 Å². The topological polar surface area (TPSA) is 44.5 Å². The van der Waals surface area contributed by atoms with Gasteiger partial charge >= 0.3 is 0 Å². The van der Waals surface area contributed by atoms with Crippen molar-refractivity contribution in [2.45, 2.75) is 33.4 Å². The molecule has 0 aliphatic carbocycles. The Kier molecular flexibility index (Phi) is 4.83. The SMILES string of the molecule is Cn1ccnc1CN1CCN(CC(O)C(C)(C)C)CC1. The smallest absolute Gasteiger partial charge is 0.122 e. The van der Waals surface area contributed by atoms with Gasteiger partial charge < -0.3 is 9.67 Å². The number of nitrogens with zero attached hydrogens (tertiary/aromatic N) is 4. The summed E-state index contributed by atoms with van der Waals surface area (Å²) in [6.45, 7) is 12.1. The number of aromatic nitrogens is 2. The van der Waals surface area contributed by atoms with Crippen LogP contribution in [0.4, 0.5) is 0 Å². The van der Waals surface area contributed by atoms with Crippen LogP contribution in [0, 0.1) is 5.41 Å². The quantitative estimate of drug-likeness (QED) is 0.892. The molecule has 20 heavy (non-hydrogen) atoms. The molecule has 1 fully saturated rings. The van der Waals surface area contributed by atoms with Crippen LogP contribution in [0.3, 0.4) is 0 Å². The van der Waals surface area contributed by atoms with Gasteiger partial charge in [0.05, 0.1) is 12.6 Å². The average Bonchev–Trinajstić information content (AvgIpc) is 2.76. The molecular formula is C15H28N4O. The Labute approximate surface area is 122 Å². The van der Waals surface area contributed by atoms with Crippen LogP contribution in [0.1, 0.15) is 26.6 Å². The van der Waals surface area contributed by atoms with Gasteiger partial charge in [0.15, 0.2) is 0 Å². The van der Waals surface area contributed by atoms with Crippen molar-refractivity contribution < 1.29 is 5.11 Å². The van der Waals surface area contributed by atoms with Crippen molar-refractivity contribution in [3.8, 4) is 0 Å². The molecule has 1 atom stereocenters. The van der Waals surface area contributed by atoms with E-state index in [9.17, 15) is 5.11 Å². The van der Waals surface area contributed by atoms with E-state index in [4.69, 9.17) is 0 Å². The van der Waals surface area contributed by atoms with Crippen molar-refractivity contribution >= 4 is 0 Å². The normalized spacial score (nSPS) is 20.2. The van der Waals surface area contributed by atoms with Crippen molar-refractivity contribution in [2.24, 2.45) is 12.5 Å². The van der Waals surface area contributed by atoms with Gasteiger partial charge in [0.1, 0.15) is 5.82 Å². The Morgan fingerprint density at radius 1 is 1.20 bits per heavy atom. The van der Waals surface area contributed by atoms with Crippen LogP contribution in [-0.4, -0.2) is 63.3 Å². The largest absolute Gasteiger partial charge is 0.391 e. The Balaban J connectivity index is 1.77. The summed E-state index contributed by atoms with van der Waals surface area (Å²) >= 11 is 0. The molecule has 0 saturated carbocycles. The van der Waals surface area contributed by atoms with E-state index in [1.165, 1.54) is 0 Å². The lowest BCUT2D eigenvalue weighted by atomic mass is 9.89. The standard InChI is InChI=1S/C15H28N4O/c1-15(2,3)13(20)11-18-7-9-19(10-8-18)12-14-16-5-6-17(14)4/h5-6,13,20H,7-12H2,1-4H3. The molecule has 1 aliphatic heterocycles. The summed E-state index contributed by atoms with van der Waals surface area (Å²) < 4.78 is 2.08. The zero-order valence-corrected chi connectivity index (χ0v) is 13.2. The first-order valence-corrected chi connectivity index (χ1v) is 7.45. The highest BCUT2D eigenvalue weighted by Crippen LogP contribution is 2.20. The van der Waals surface area contributed by atoms with Crippen molar-refractivity contribution in [1.82, 2.24) is 19.4 Å². The zero-order valence-electron chi connectivity index (χ0n) is 13.2. The molecule has 0 spiro atoms. The Morgan fingerprint density at radius 3 is 2.30 bits per heavy atom. The number of aryl methyl sites for hydroxylation is 1. The van der Waals surface area contributed by atoms with Gasteiger partial charge in [-0.05, 0) is 5.41 Å². The molecule has 5 nitrogen and oxygen atoms in total. The number of rotatable bonds is 4. The maximum absolute atomic E-state index is 10.2. The fourth-order valence-electron chi connectivity index (χ4n) is 2.40. The lowest BCUT2D eigenvalue weighted by Crippen LogP contribution is -2.50. The summed E-state index contributed by atoms with van der Waals surface area (Å²) in [5.74, 6) is 1.12. The maximum atomic E-state index is 10.2. The van der Waals surface area contributed by atoms with Gasteiger partial charge in [-0.3, -0.25) is 9.80 Å². The van der Waals surface area contributed by atoms with Crippen LogP contribution in [0.15, 0.2) is 12.4 Å². The van der Waals surface area contributed by atoms with Gasteiger partial charge in [-0.2, -0.15) is 0 Å². The van der Waals surface area contributed by atoms with Crippen molar-refractivity contribution in [3.05, 3.63) is 18.2 Å². The number of aliphatic hydroxyl groups excluding tert-OH is 1. The highest BCUT2D eigenvalue weighted by atomic mass is 16.3. The molecule has 114 valence electrons. The lowest BCUT2D eigenvalue weighted by Gasteiger charge is -2.37. The first kappa shape index (κ1) is 15.5. The second kappa shape index (κ2) is 6.24. The van der Waals surface area contributed by atoms with Crippen molar-refractivity contribution in [2.75, 3.05) is 32.7 Å². The fourth-order valence-corrected chi connectivity index (χ4v) is 2.40. The van der Waals surface area contributed by atoms with Gasteiger partial charge in [-0.1, -0.05) is 20.8 Å². The molecule has 1 unspecified atom stereocenters. The van der Waals surface area contributed by atoms with Crippen LogP contribution in [0.5, 0.6) is 0 Å². The van der Waals surface area contributed by atoms with E-state index in [-0.39, 0.29) is 11.5 Å². The zero-order chi connectivity index (χ0) is 14.8. The van der Waals surface area contributed by atoms with Gasteiger partial charge in [0.25, 0.3) is 0 Å². The van der Waals surface area contributed by atoms with Crippen LogP contribution in [0.2, 0.25) is 0 Å². The third-order valence-electron chi connectivity index (χ3n) is 4.18. The van der Waals surface area contributed by atoms with Crippen LogP contribution in [0.25, 0.3) is 0 Å². The molecule has 1 saturated heterocycles. The van der Waals surface area contributed by atoms with Crippen LogP contribution < -0.4 is 0 Å². The predicted molar refractivity (Wildman–Crippen MR) is 80.4 cm³/mol. The van der Waals surface area contributed by atoms with Crippen LogP contribution >= 0.6 is 0 Å². The lowest BCUT2D eigenvalue weighted by molar-refractivity contribution is 0.0122. The third kappa shape index (κ3) is 4.04. The summed E-state index contributed by atoms with van der Waals surface area (Å²) in [7, 11) is 2.04. The molecule has 1 aromatic rings. The second-order valence-electron chi connectivity index (χ2n) is 6.91. The maximum Gasteiger partial charge on any atom is 0.122 e. The van der Waals surface area contributed by atoms with E-state index >= 15 is 0 Å². The summed E-state index contributed by atoms with van der Waals surface area (Å²) in [6, 6.07) is 0. The Bertz CT molecular complexity index is 416. The molecule has 0 amide bonds. The van der Waals surface area contributed by atoms with E-state index < -0.39 is 0 Å². The summed E-state index contributed by atoms with van der Waals surface area (Å²) in [6.07, 6.45) is 3.58. The van der Waals surface area contributed by atoms with Gasteiger partial charge in [0, 0.05) is 52.2 Å². The first-order chi connectivity index (χ1) is 9.36. The Hall–Kier alpha value is -0.910. The molecule has 0 aromatic carbocycles. The minimum Gasteiger partial charge on any atom is -0.391 e. The van der Waals surface area contributed by atoms with Gasteiger partial charge in [0.2, 0.25) is 0 Å². The van der Waals surface area contributed by atoms with Crippen molar-refractivity contribution in [3.63, 3.8) is 0 Å². The number of hydrogen-bond donors (Lipinski definition) is 1. The second-order valence-corrected chi connectivity index (χ2v) is 6.91. The van der Waals surface area contributed by atoms with E-state index in [1.54, 1.807) is 0 Å². The van der Waals surface area contributed by atoms with E-state index in [0.717, 1.165) is 45.1 Å². The molecule has 1 aliphatic rings. The minimum atomic E-state index is -0.261. The predicted octanol–water partition coefficient (Wildman–Crippen LogP) is 0.945. The number of β-amino-alcohol motifs (C(OH)–C–C–N with tert-alkyl or cyclic N) is 1. The molecule has 0 bridgehead atoms. The average molecular weight is 280 g/mol. The molecule has 0 radical (unpaired) electrons. The number of aliphatic hydroxyl groups is 1. The van der Waals surface area contributed by atoms with Crippen LogP contribution in [-0.2, 0) is 13.6 Å². The molecular weight excluding hydrogens is 252 g/mol. The summed E-state index contributed by atoms with van der Waals surface area (Å²) in [5, 5.41) is 10.2. The molecule has 5 heteroatoms. The molecule has 2 rings (SSSR count). The first-order valence-electron chi connectivity index (χ1n) is 7.45. The molecule has 1 aromatic heterocycles. The molecule has 1 N–H and O–H groups in total. The minimum absolute atomic E-state index is 0.0376. The Morgan fingerprint density at radius 2 is 1.80 bits per heavy atom. The van der Waals surface area contributed by atoms with Gasteiger partial charge in [-0.25, -0.2) is 4.98 Å². The van der Waals surface area contributed by atoms with Crippen molar-refractivity contribution in [1.29, 1.82) is 0 Å². The summed E-state index contributed by atoms with van der Waals surface area (Å²) in [4.78, 5) is 9.18. The summed E-state index contributed by atoms with van der Waals surface area (Å²) in [5.41, 5.74) is -0.0376. The number of hydrogen-bond acceptors (Lipinski definition) is 4. The number of imidazole rings is 1. The highest BCUT2D eigenvalue weighted by Gasteiger charge is 2.26.